The molecule has 0 aromatic heterocycles. The van der Waals surface area contributed by atoms with Crippen molar-refractivity contribution in [2.45, 2.75) is 297 Å². The first-order valence-corrected chi connectivity index (χ1v) is 30.7. The van der Waals surface area contributed by atoms with Gasteiger partial charge in [0.1, 0.15) is 13.2 Å². The Morgan fingerprint density at radius 1 is 0.288 bits per heavy atom. The van der Waals surface area contributed by atoms with Crippen LogP contribution in [0.4, 0.5) is 0 Å². The third-order valence-electron chi connectivity index (χ3n) is 13.0. The quantitative estimate of drug-likeness (QED) is 0.0261. The van der Waals surface area contributed by atoms with E-state index in [2.05, 4.69) is 118 Å². The molecule has 0 saturated heterocycles. The maximum atomic E-state index is 12.8. The van der Waals surface area contributed by atoms with Gasteiger partial charge in [-0.3, -0.25) is 14.4 Å². The fourth-order valence-corrected chi connectivity index (χ4v) is 8.45. The highest BCUT2D eigenvalue weighted by atomic mass is 16.6. The van der Waals surface area contributed by atoms with Crippen LogP contribution in [0, 0.1) is 0 Å². The van der Waals surface area contributed by atoms with Crippen LogP contribution in [0.2, 0.25) is 0 Å². The minimum atomic E-state index is -0.790. The normalized spacial score (nSPS) is 12.8. The number of hydrogen-bond acceptors (Lipinski definition) is 6. The van der Waals surface area contributed by atoms with Crippen LogP contribution in [0.3, 0.4) is 0 Å². The second-order valence-corrected chi connectivity index (χ2v) is 20.2. The molecule has 6 heteroatoms. The Bertz CT molecular complexity index is 1440. The Balaban J connectivity index is 4.19. The second-order valence-electron chi connectivity index (χ2n) is 20.2. The van der Waals surface area contributed by atoms with Gasteiger partial charge in [-0.15, -0.1) is 0 Å². The predicted molar refractivity (Wildman–Crippen MR) is 316 cm³/mol. The SMILES string of the molecule is CC/C=C\C/C=C\C/C=C\C/C=C\CCCCCCCCCCCCCCCCCCC(=O)OCC(COC(=O)CCCCCCC/C=C\C/C=C\CCC)OC(=O)CCCCCCC/C=C\C/C=C\CCC. The number of unbranched alkanes of at least 4 members (excludes halogenated alkanes) is 28. The topological polar surface area (TPSA) is 78.9 Å². The zero-order chi connectivity index (χ0) is 52.9. The van der Waals surface area contributed by atoms with Crippen molar-refractivity contribution in [1.29, 1.82) is 0 Å². The minimum absolute atomic E-state index is 0.0863. The van der Waals surface area contributed by atoms with Gasteiger partial charge in [0, 0.05) is 19.3 Å². The molecule has 0 aromatic carbocycles. The Kier molecular flexibility index (Phi) is 57.8. The molecule has 0 radical (unpaired) electrons. The van der Waals surface area contributed by atoms with Crippen molar-refractivity contribution in [3.8, 4) is 0 Å². The monoisotopic (exact) mass is 1010 g/mol. The van der Waals surface area contributed by atoms with Crippen LogP contribution >= 0.6 is 0 Å². The lowest BCUT2D eigenvalue weighted by atomic mass is 10.0. The number of ether oxygens (including phenoxy) is 3. The Hall–Kier alpha value is -3.67. The lowest BCUT2D eigenvalue weighted by molar-refractivity contribution is -0.167. The Morgan fingerprint density at radius 3 is 0.836 bits per heavy atom. The first kappa shape index (κ1) is 69.3. The van der Waals surface area contributed by atoms with E-state index < -0.39 is 6.10 Å². The summed E-state index contributed by atoms with van der Waals surface area (Å²) in [5, 5.41) is 0. The van der Waals surface area contributed by atoms with E-state index in [9.17, 15) is 14.4 Å². The van der Waals surface area contributed by atoms with Crippen LogP contribution in [0.25, 0.3) is 0 Å². The highest BCUT2D eigenvalue weighted by molar-refractivity contribution is 5.71. The summed E-state index contributed by atoms with van der Waals surface area (Å²) in [6.45, 7) is 6.39. The lowest BCUT2D eigenvalue weighted by Gasteiger charge is -2.18. The molecular formula is C67H114O6. The van der Waals surface area contributed by atoms with E-state index >= 15 is 0 Å². The molecule has 0 spiro atoms. The second kappa shape index (κ2) is 60.9. The highest BCUT2D eigenvalue weighted by Gasteiger charge is 2.19. The van der Waals surface area contributed by atoms with E-state index in [1.807, 2.05) is 0 Å². The summed E-state index contributed by atoms with van der Waals surface area (Å²) in [5.74, 6) is -0.910. The van der Waals surface area contributed by atoms with Crippen LogP contribution in [0.15, 0.2) is 97.2 Å². The molecule has 0 aromatic rings. The molecule has 0 fully saturated rings. The summed E-state index contributed by atoms with van der Waals surface area (Å²) in [7, 11) is 0. The number of esters is 3. The Morgan fingerprint density at radius 2 is 0.534 bits per heavy atom. The third-order valence-corrected chi connectivity index (χ3v) is 13.0. The van der Waals surface area contributed by atoms with Crippen LogP contribution in [-0.4, -0.2) is 37.2 Å². The third kappa shape index (κ3) is 59.1. The summed E-state index contributed by atoms with van der Waals surface area (Å²) in [6.07, 6.45) is 81.3. The van der Waals surface area contributed by atoms with Gasteiger partial charge in [-0.05, 0) is 109 Å². The molecule has 0 N–H and O–H groups in total. The fourth-order valence-electron chi connectivity index (χ4n) is 8.45. The lowest BCUT2D eigenvalue weighted by Crippen LogP contribution is -2.30. The van der Waals surface area contributed by atoms with Crippen LogP contribution in [0.1, 0.15) is 290 Å². The van der Waals surface area contributed by atoms with E-state index in [-0.39, 0.29) is 31.1 Å². The number of carbonyl (C=O) groups is 3. The summed E-state index contributed by atoms with van der Waals surface area (Å²) >= 11 is 0. The van der Waals surface area contributed by atoms with Crippen molar-refractivity contribution in [2.75, 3.05) is 13.2 Å². The molecule has 0 aliphatic carbocycles. The highest BCUT2D eigenvalue weighted by Crippen LogP contribution is 2.16. The van der Waals surface area contributed by atoms with Crippen molar-refractivity contribution >= 4 is 17.9 Å². The summed E-state index contributed by atoms with van der Waals surface area (Å²) in [6, 6.07) is 0. The molecule has 1 unspecified atom stereocenters. The van der Waals surface area contributed by atoms with Gasteiger partial charge in [0.2, 0.25) is 0 Å². The van der Waals surface area contributed by atoms with E-state index in [1.165, 1.54) is 103 Å². The van der Waals surface area contributed by atoms with Gasteiger partial charge in [0.25, 0.3) is 0 Å². The number of allylic oxidation sites excluding steroid dienone is 16. The first-order valence-electron chi connectivity index (χ1n) is 30.7. The molecule has 0 aliphatic heterocycles. The average molecular weight is 1020 g/mol. The van der Waals surface area contributed by atoms with Crippen LogP contribution in [-0.2, 0) is 28.6 Å². The summed E-state index contributed by atoms with van der Waals surface area (Å²) in [4.78, 5) is 38.2. The van der Waals surface area contributed by atoms with Gasteiger partial charge in [0.15, 0.2) is 6.10 Å². The van der Waals surface area contributed by atoms with Gasteiger partial charge >= 0.3 is 17.9 Å². The number of carbonyl (C=O) groups excluding carboxylic acids is 3. The molecule has 418 valence electrons. The molecule has 73 heavy (non-hydrogen) atoms. The van der Waals surface area contributed by atoms with Gasteiger partial charge in [-0.1, -0.05) is 259 Å². The molecule has 0 heterocycles. The van der Waals surface area contributed by atoms with Crippen molar-refractivity contribution in [2.24, 2.45) is 0 Å². The molecular weight excluding hydrogens is 901 g/mol. The summed E-state index contributed by atoms with van der Waals surface area (Å²) < 4.78 is 16.9. The molecule has 0 saturated carbocycles. The van der Waals surface area contributed by atoms with E-state index in [0.717, 1.165) is 148 Å². The zero-order valence-corrected chi connectivity index (χ0v) is 47.9. The summed E-state index contributed by atoms with van der Waals surface area (Å²) in [5.41, 5.74) is 0. The van der Waals surface area contributed by atoms with Crippen molar-refractivity contribution in [3.05, 3.63) is 97.2 Å². The molecule has 6 nitrogen and oxygen atoms in total. The van der Waals surface area contributed by atoms with Gasteiger partial charge in [-0.25, -0.2) is 0 Å². The number of hydrogen-bond donors (Lipinski definition) is 0. The van der Waals surface area contributed by atoms with E-state index in [0.29, 0.717) is 19.3 Å². The predicted octanol–water partition coefficient (Wildman–Crippen LogP) is 20.9. The maximum absolute atomic E-state index is 12.8. The number of rotatable bonds is 55. The van der Waals surface area contributed by atoms with E-state index in [1.54, 1.807) is 0 Å². The molecule has 1 atom stereocenters. The van der Waals surface area contributed by atoms with Crippen LogP contribution in [0.5, 0.6) is 0 Å². The fraction of sp³-hybridized carbons (Fsp3) is 0.716. The van der Waals surface area contributed by atoms with Gasteiger partial charge < -0.3 is 14.2 Å². The van der Waals surface area contributed by atoms with Gasteiger partial charge in [0.05, 0.1) is 0 Å². The Labute approximate surface area is 451 Å². The van der Waals surface area contributed by atoms with Crippen molar-refractivity contribution < 1.29 is 28.6 Å². The minimum Gasteiger partial charge on any atom is -0.462 e. The zero-order valence-electron chi connectivity index (χ0n) is 47.9. The van der Waals surface area contributed by atoms with Gasteiger partial charge in [-0.2, -0.15) is 0 Å². The van der Waals surface area contributed by atoms with Crippen LogP contribution < -0.4 is 0 Å². The maximum Gasteiger partial charge on any atom is 0.306 e. The molecule has 0 bridgehead atoms. The van der Waals surface area contributed by atoms with E-state index in [4.69, 9.17) is 14.2 Å². The largest absolute Gasteiger partial charge is 0.462 e. The molecule has 0 rings (SSSR count). The van der Waals surface area contributed by atoms with Crippen molar-refractivity contribution in [1.82, 2.24) is 0 Å². The first-order chi connectivity index (χ1) is 36.0. The standard InChI is InChI=1S/C67H114O6/c1-4-7-10-13-16-19-22-25-26-27-28-29-30-31-32-33-34-35-36-37-38-39-40-43-45-48-51-54-57-60-66(69)72-63-64(73-67(70)61-58-55-52-49-46-42-24-21-18-15-12-9-6-3)62-71-65(68)59-56-53-50-47-44-41-23-20-17-14-11-8-5-2/h7,10-12,14-16,19-21,23-26,28-29,64H,4-6,8-9,13,17-18,22,27,30-63H2,1-3H3/b10-7-,14-11-,15-12-,19-16-,23-20-,24-21-,26-25-,29-28-. The smallest absolute Gasteiger partial charge is 0.306 e. The molecule has 0 aliphatic rings. The van der Waals surface area contributed by atoms with Crippen molar-refractivity contribution in [3.63, 3.8) is 0 Å². The molecule has 0 amide bonds. The average Bonchev–Trinajstić information content (AvgIpc) is 3.39.